The van der Waals surface area contributed by atoms with Crippen LogP contribution in [0.4, 0.5) is 0 Å². The topological polar surface area (TPSA) is 55.6 Å². The van der Waals surface area contributed by atoms with Crippen molar-refractivity contribution in [3.05, 3.63) is 71.3 Å². The lowest BCUT2D eigenvalue weighted by Crippen LogP contribution is -2.15. The summed E-state index contributed by atoms with van der Waals surface area (Å²) in [7, 11) is 0. The predicted octanol–water partition coefficient (Wildman–Crippen LogP) is 4.52. The number of benzene rings is 2. The quantitative estimate of drug-likeness (QED) is 0.406. The van der Waals surface area contributed by atoms with Gasteiger partial charge >= 0.3 is 0 Å². The van der Waals surface area contributed by atoms with E-state index in [4.69, 9.17) is 11.6 Å². The van der Waals surface area contributed by atoms with Crippen LogP contribution in [-0.2, 0) is 0 Å². The molecular formula is C19H21Cl2N5S. The van der Waals surface area contributed by atoms with Crippen molar-refractivity contribution in [2.45, 2.75) is 11.6 Å². The van der Waals surface area contributed by atoms with Gasteiger partial charge < -0.3 is 5.32 Å². The summed E-state index contributed by atoms with van der Waals surface area (Å²) < 4.78 is 1.77. The standard InChI is InChI=1S/C19H20ClN5S.ClH/c20-17-11-9-16(10-12-17)6-4-13-21-14-5-15-26-19-22-23-24-25(19)18-7-2-1-3-8-18;/h1-4,6-12,21H,5,13-15H2;1H/b6-4+;. The molecule has 0 aliphatic heterocycles. The molecular weight excluding hydrogens is 401 g/mol. The maximum atomic E-state index is 5.87. The van der Waals surface area contributed by atoms with Gasteiger partial charge in [-0.1, -0.05) is 65.8 Å². The van der Waals surface area contributed by atoms with Gasteiger partial charge in [0.2, 0.25) is 5.16 Å². The molecule has 0 bridgehead atoms. The Labute approximate surface area is 174 Å². The molecule has 0 spiro atoms. The van der Waals surface area contributed by atoms with Crippen LogP contribution in [0.2, 0.25) is 5.02 Å². The van der Waals surface area contributed by atoms with Crippen molar-refractivity contribution >= 4 is 41.8 Å². The molecule has 0 saturated heterocycles. The zero-order valence-corrected chi connectivity index (χ0v) is 17.1. The van der Waals surface area contributed by atoms with Crippen molar-refractivity contribution < 1.29 is 0 Å². The number of hydrogen-bond donors (Lipinski definition) is 1. The number of halogens is 2. The van der Waals surface area contributed by atoms with E-state index in [-0.39, 0.29) is 12.4 Å². The summed E-state index contributed by atoms with van der Waals surface area (Å²) >= 11 is 7.54. The highest BCUT2D eigenvalue weighted by atomic mass is 35.5. The minimum Gasteiger partial charge on any atom is -0.313 e. The summed E-state index contributed by atoms with van der Waals surface area (Å²) in [6.07, 6.45) is 5.25. The fraction of sp³-hybridized carbons (Fsp3) is 0.211. The van der Waals surface area contributed by atoms with Crippen LogP contribution in [0, 0.1) is 0 Å². The van der Waals surface area contributed by atoms with Gasteiger partial charge in [-0.15, -0.1) is 17.5 Å². The molecule has 1 N–H and O–H groups in total. The minimum absolute atomic E-state index is 0. The van der Waals surface area contributed by atoms with E-state index in [9.17, 15) is 0 Å². The second-order valence-electron chi connectivity index (χ2n) is 5.57. The SMILES string of the molecule is Cl.Clc1ccc(/C=C/CNCCCSc2nnnn2-c2ccccc2)cc1. The molecule has 0 amide bonds. The number of hydrogen-bond acceptors (Lipinski definition) is 5. The zero-order chi connectivity index (χ0) is 18.0. The van der Waals surface area contributed by atoms with Gasteiger partial charge in [0.25, 0.3) is 0 Å². The van der Waals surface area contributed by atoms with Crippen LogP contribution in [0.3, 0.4) is 0 Å². The summed E-state index contributed by atoms with van der Waals surface area (Å²) in [4.78, 5) is 0. The normalized spacial score (nSPS) is 10.9. The summed E-state index contributed by atoms with van der Waals surface area (Å²) in [6.45, 7) is 1.79. The second kappa shape index (κ2) is 11.8. The van der Waals surface area contributed by atoms with E-state index in [2.05, 4.69) is 33.0 Å². The fourth-order valence-electron chi connectivity index (χ4n) is 2.32. The van der Waals surface area contributed by atoms with Crippen molar-refractivity contribution in [2.75, 3.05) is 18.8 Å². The van der Waals surface area contributed by atoms with Crippen molar-refractivity contribution in [1.82, 2.24) is 25.5 Å². The summed E-state index contributed by atoms with van der Waals surface area (Å²) in [6, 6.07) is 17.7. The highest BCUT2D eigenvalue weighted by molar-refractivity contribution is 7.99. The van der Waals surface area contributed by atoms with E-state index >= 15 is 0 Å². The number of nitrogens with zero attached hydrogens (tertiary/aromatic N) is 4. The number of aromatic nitrogens is 4. The third-order valence-corrected chi connectivity index (χ3v) is 4.87. The van der Waals surface area contributed by atoms with Crippen LogP contribution in [0.1, 0.15) is 12.0 Å². The Hall–Kier alpha value is -1.86. The van der Waals surface area contributed by atoms with Gasteiger partial charge in [-0.2, -0.15) is 4.68 Å². The van der Waals surface area contributed by atoms with Crippen molar-refractivity contribution in [1.29, 1.82) is 0 Å². The Morgan fingerprint density at radius 1 is 1.07 bits per heavy atom. The maximum absolute atomic E-state index is 5.87. The molecule has 1 heterocycles. The van der Waals surface area contributed by atoms with Gasteiger partial charge in [0.15, 0.2) is 0 Å². The molecule has 3 rings (SSSR count). The fourth-order valence-corrected chi connectivity index (χ4v) is 3.27. The van der Waals surface area contributed by atoms with Gasteiger partial charge in [0, 0.05) is 17.3 Å². The molecule has 5 nitrogen and oxygen atoms in total. The third kappa shape index (κ3) is 6.99. The van der Waals surface area contributed by atoms with Crippen LogP contribution >= 0.6 is 35.8 Å². The van der Waals surface area contributed by atoms with Gasteiger partial charge in [-0.25, -0.2) is 0 Å². The Balaban J connectivity index is 0.00000261. The van der Waals surface area contributed by atoms with Crippen LogP contribution < -0.4 is 5.32 Å². The monoisotopic (exact) mass is 421 g/mol. The lowest BCUT2D eigenvalue weighted by molar-refractivity contribution is 0.731. The lowest BCUT2D eigenvalue weighted by Gasteiger charge is -2.04. The van der Waals surface area contributed by atoms with Crippen molar-refractivity contribution in [3.63, 3.8) is 0 Å². The Kier molecular flexibility index (Phi) is 9.35. The summed E-state index contributed by atoms with van der Waals surface area (Å²) in [5, 5.41) is 16.9. The van der Waals surface area contributed by atoms with E-state index in [1.807, 2.05) is 54.6 Å². The first kappa shape index (κ1) is 21.4. The van der Waals surface area contributed by atoms with Crippen molar-refractivity contribution in [3.8, 4) is 5.69 Å². The molecule has 142 valence electrons. The number of nitrogens with one attached hydrogen (secondary N) is 1. The van der Waals surface area contributed by atoms with E-state index in [1.54, 1.807) is 16.4 Å². The maximum Gasteiger partial charge on any atom is 0.214 e. The minimum atomic E-state index is 0. The molecule has 2 aromatic carbocycles. The largest absolute Gasteiger partial charge is 0.313 e. The summed E-state index contributed by atoms with van der Waals surface area (Å²) in [5.74, 6) is 0.959. The Morgan fingerprint density at radius 2 is 1.85 bits per heavy atom. The number of thioether (sulfide) groups is 1. The molecule has 27 heavy (non-hydrogen) atoms. The molecule has 0 fully saturated rings. The highest BCUT2D eigenvalue weighted by Crippen LogP contribution is 2.18. The van der Waals surface area contributed by atoms with Gasteiger partial charge in [-0.05, 0) is 53.2 Å². The van der Waals surface area contributed by atoms with Crippen LogP contribution in [-0.4, -0.2) is 39.0 Å². The molecule has 8 heteroatoms. The van der Waals surface area contributed by atoms with Gasteiger partial charge in [0.1, 0.15) is 0 Å². The average Bonchev–Trinajstić information content (AvgIpc) is 3.14. The highest BCUT2D eigenvalue weighted by Gasteiger charge is 2.07. The Morgan fingerprint density at radius 3 is 2.63 bits per heavy atom. The lowest BCUT2D eigenvalue weighted by atomic mass is 10.2. The Bertz CT molecular complexity index is 822. The van der Waals surface area contributed by atoms with Crippen LogP contribution in [0.15, 0.2) is 65.8 Å². The second-order valence-corrected chi connectivity index (χ2v) is 7.07. The zero-order valence-electron chi connectivity index (χ0n) is 14.7. The molecule has 0 atom stereocenters. The van der Waals surface area contributed by atoms with E-state index in [0.717, 1.165) is 46.7 Å². The third-order valence-electron chi connectivity index (χ3n) is 3.61. The predicted molar refractivity (Wildman–Crippen MR) is 115 cm³/mol. The van der Waals surface area contributed by atoms with Crippen LogP contribution in [0.25, 0.3) is 11.8 Å². The number of rotatable bonds is 9. The van der Waals surface area contributed by atoms with E-state index in [0.29, 0.717) is 0 Å². The summed E-state index contributed by atoms with van der Waals surface area (Å²) in [5.41, 5.74) is 2.13. The molecule has 0 aliphatic rings. The van der Waals surface area contributed by atoms with Gasteiger partial charge in [-0.3, -0.25) is 0 Å². The number of tetrazole rings is 1. The molecule has 3 aromatic rings. The van der Waals surface area contributed by atoms with Crippen LogP contribution in [0.5, 0.6) is 0 Å². The molecule has 0 unspecified atom stereocenters. The van der Waals surface area contributed by atoms with E-state index in [1.165, 1.54) is 0 Å². The molecule has 1 aromatic heterocycles. The average molecular weight is 422 g/mol. The number of para-hydroxylation sites is 1. The van der Waals surface area contributed by atoms with Crippen molar-refractivity contribution in [2.24, 2.45) is 0 Å². The molecule has 0 aliphatic carbocycles. The first-order valence-electron chi connectivity index (χ1n) is 8.42. The van der Waals surface area contributed by atoms with Gasteiger partial charge in [0.05, 0.1) is 5.69 Å². The molecule has 0 saturated carbocycles. The smallest absolute Gasteiger partial charge is 0.214 e. The first-order valence-corrected chi connectivity index (χ1v) is 9.79. The first-order chi connectivity index (χ1) is 12.8. The van der Waals surface area contributed by atoms with E-state index < -0.39 is 0 Å². The molecule has 0 radical (unpaired) electrons.